The topological polar surface area (TPSA) is 18.8 Å². The van der Waals surface area contributed by atoms with Crippen LogP contribution >= 0.6 is 11.9 Å². The summed E-state index contributed by atoms with van der Waals surface area (Å²) in [5.41, 5.74) is 11.8. The third kappa shape index (κ3) is 5.27. The van der Waals surface area contributed by atoms with Crippen LogP contribution in [-0.2, 0) is 5.41 Å². The highest BCUT2D eigenvalue weighted by atomic mass is 32.2. The zero-order valence-electron chi connectivity index (χ0n) is 26.7. The van der Waals surface area contributed by atoms with Crippen LogP contribution in [0.2, 0.25) is 0 Å². The molecule has 234 valence electrons. The van der Waals surface area contributed by atoms with Gasteiger partial charge in [-0.3, -0.25) is 4.31 Å². The van der Waals surface area contributed by atoms with E-state index < -0.39 is 12.6 Å². The zero-order chi connectivity index (χ0) is 32.9. The molecule has 6 heteroatoms. The van der Waals surface area contributed by atoms with Crippen LogP contribution in [0, 0.1) is 0 Å². The average molecular weight is 640 g/mol. The van der Waals surface area contributed by atoms with Gasteiger partial charge in [-0.05, 0) is 99.1 Å². The number of benzene rings is 4. The van der Waals surface area contributed by atoms with Crippen molar-refractivity contribution in [3.8, 4) is 22.3 Å². The lowest BCUT2D eigenvalue weighted by Crippen LogP contribution is -2.38. The Morgan fingerprint density at radius 1 is 0.915 bits per heavy atom. The number of hydrogen-bond acceptors (Lipinski definition) is 4. The first kappa shape index (κ1) is 30.7. The van der Waals surface area contributed by atoms with Crippen LogP contribution in [0.25, 0.3) is 39.1 Å². The van der Waals surface area contributed by atoms with Crippen LogP contribution in [-0.4, -0.2) is 35.8 Å². The minimum Gasteiger partial charge on any atom is -0.350 e. The second kappa shape index (κ2) is 12.0. The molecule has 1 atom stereocenters. The molecule has 0 saturated heterocycles. The van der Waals surface area contributed by atoms with E-state index in [4.69, 9.17) is 0 Å². The van der Waals surface area contributed by atoms with E-state index in [9.17, 15) is 8.78 Å². The molecule has 2 aliphatic heterocycles. The molecule has 7 rings (SSSR count). The Bertz CT molecular complexity index is 2070. The third-order valence-corrected chi connectivity index (χ3v) is 10.5. The van der Waals surface area contributed by atoms with E-state index in [-0.39, 0.29) is 17.2 Å². The number of likely N-dealkylation sites (N-methyl/N-ethyl adjacent to an activating group) is 1. The SMILES string of the molecule is C=N/C(F)=C(\C=C/CF)c1ccc2c(c1)C(C)(C)c1cc(-c3cccc(C4=CN5Sc6ccccc6C(=C)N(C)C5C=C4)c3)ccc1-2. The number of allylic oxidation sites excluding steroid dienone is 5. The van der Waals surface area contributed by atoms with Crippen LogP contribution in [0.3, 0.4) is 0 Å². The molecule has 4 aromatic carbocycles. The van der Waals surface area contributed by atoms with Gasteiger partial charge in [0, 0.05) is 40.4 Å². The van der Waals surface area contributed by atoms with E-state index in [0.29, 0.717) is 5.56 Å². The second-order valence-corrected chi connectivity index (χ2v) is 13.6. The summed E-state index contributed by atoms with van der Waals surface area (Å²) in [6, 6.07) is 29.6. The largest absolute Gasteiger partial charge is 0.350 e. The molecule has 0 N–H and O–H groups in total. The fourth-order valence-corrected chi connectivity index (χ4v) is 7.96. The maximum absolute atomic E-state index is 14.7. The Morgan fingerprint density at radius 3 is 2.43 bits per heavy atom. The fourth-order valence-electron chi connectivity index (χ4n) is 6.82. The Labute approximate surface area is 279 Å². The predicted octanol–water partition coefficient (Wildman–Crippen LogP) is 10.7. The van der Waals surface area contributed by atoms with Gasteiger partial charge in [-0.1, -0.05) is 99.3 Å². The van der Waals surface area contributed by atoms with Gasteiger partial charge in [0.1, 0.15) is 12.8 Å². The molecular weight excluding hydrogens is 605 g/mol. The zero-order valence-corrected chi connectivity index (χ0v) is 27.5. The van der Waals surface area contributed by atoms with Gasteiger partial charge in [-0.25, -0.2) is 9.38 Å². The molecular formula is C41H35F2N3S. The first-order valence-corrected chi connectivity index (χ1v) is 16.4. The summed E-state index contributed by atoms with van der Waals surface area (Å²) in [6.45, 7) is 11.4. The minimum absolute atomic E-state index is 0.0590. The normalized spacial score (nSPS) is 18.2. The van der Waals surface area contributed by atoms with Crippen molar-refractivity contribution in [2.24, 2.45) is 4.99 Å². The molecule has 0 radical (unpaired) electrons. The van der Waals surface area contributed by atoms with Gasteiger partial charge >= 0.3 is 0 Å². The molecule has 0 aromatic heterocycles. The minimum atomic E-state index is -0.722. The molecule has 2 heterocycles. The molecule has 4 aromatic rings. The number of nitrogens with zero attached hydrogens (tertiary/aromatic N) is 3. The van der Waals surface area contributed by atoms with Gasteiger partial charge in [-0.2, -0.15) is 4.39 Å². The van der Waals surface area contributed by atoms with E-state index >= 15 is 0 Å². The summed E-state index contributed by atoms with van der Waals surface area (Å²) in [4.78, 5) is 6.89. The summed E-state index contributed by atoms with van der Waals surface area (Å²) in [6.07, 6.45) is 9.45. The van der Waals surface area contributed by atoms with Gasteiger partial charge in [0.2, 0.25) is 5.95 Å². The van der Waals surface area contributed by atoms with Gasteiger partial charge in [0.25, 0.3) is 0 Å². The average Bonchev–Trinajstić information content (AvgIpc) is 3.26. The number of fused-ring (bicyclic) bond motifs is 5. The summed E-state index contributed by atoms with van der Waals surface area (Å²) in [7, 11) is 2.09. The second-order valence-electron chi connectivity index (χ2n) is 12.5. The van der Waals surface area contributed by atoms with E-state index in [1.54, 1.807) is 11.9 Å². The van der Waals surface area contributed by atoms with Crippen LogP contribution < -0.4 is 0 Å². The summed E-state index contributed by atoms with van der Waals surface area (Å²) in [5.74, 6) is -0.722. The van der Waals surface area contributed by atoms with Gasteiger partial charge < -0.3 is 4.90 Å². The van der Waals surface area contributed by atoms with Crippen molar-refractivity contribution in [2.75, 3.05) is 13.7 Å². The van der Waals surface area contributed by atoms with E-state index in [1.807, 2.05) is 18.2 Å². The van der Waals surface area contributed by atoms with Crippen molar-refractivity contribution < 1.29 is 8.78 Å². The number of rotatable bonds is 6. The van der Waals surface area contributed by atoms with Crippen molar-refractivity contribution in [1.82, 2.24) is 9.21 Å². The Morgan fingerprint density at radius 2 is 1.64 bits per heavy atom. The fraction of sp³-hybridized carbons (Fsp3) is 0.146. The number of hydrogen-bond donors (Lipinski definition) is 0. The molecule has 0 bridgehead atoms. The smallest absolute Gasteiger partial charge is 0.220 e. The number of alkyl halides is 1. The van der Waals surface area contributed by atoms with E-state index in [0.717, 1.165) is 50.2 Å². The molecule has 0 amide bonds. The molecule has 0 fully saturated rings. The number of halogens is 2. The van der Waals surface area contributed by atoms with Crippen molar-refractivity contribution in [2.45, 2.75) is 30.3 Å². The van der Waals surface area contributed by atoms with Crippen LogP contribution in [0.5, 0.6) is 0 Å². The molecule has 3 nitrogen and oxygen atoms in total. The van der Waals surface area contributed by atoms with Crippen LogP contribution in [0.15, 0.2) is 138 Å². The Balaban J connectivity index is 1.21. The first-order chi connectivity index (χ1) is 22.7. The van der Waals surface area contributed by atoms with E-state index in [1.165, 1.54) is 22.6 Å². The maximum Gasteiger partial charge on any atom is 0.220 e. The van der Waals surface area contributed by atoms with Crippen molar-refractivity contribution >= 4 is 35.5 Å². The van der Waals surface area contributed by atoms with Gasteiger partial charge in [0.15, 0.2) is 0 Å². The van der Waals surface area contributed by atoms with Crippen molar-refractivity contribution in [1.29, 1.82) is 0 Å². The summed E-state index contributed by atoms with van der Waals surface area (Å²) in [5, 5.41) is 0. The third-order valence-electron chi connectivity index (χ3n) is 9.45. The standard InChI is InChI=1S/C41H35F2N3S/c1-26-32-12-6-7-14-38(32)47-46-25-31(17-20-39(46)45(26)5)28-11-8-10-27(22-28)29-15-18-34-35-19-16-30(33(13-9-21-42)40(43)44-4)24-37(35)41(2,3)36(34)23-29/h6-20,22-25,39H,1,4,21H2,2-3,5H3/b13-9-,40-33+. The van der Waals surface area contributed by atoms with Gasteiger partial charge in [-0.15, -0.1) is 0 Å². The summed E-state index contributed by atoms with van der Waals surface area (Å²) < 4.78 is 29.9. The maximum atomic E-state index is 14.7. The highest BCUT2D eigenvalue weighted by Crippen LogP contribution is 2.50. The molecule has 1 unspecified atom stereocenters. The molecule has 1 aliphatic carbocycles. The lowest BCUT2D eigenvalue weighted by atomic mass is 9.80. The molecule has 47 heavy (non-hydrogen) atoms. The monoisotopic (exact) mass is 639 g/mol. The Kier molecular flexibility index (Phi) is 7.85. The molecule has 3 aliphatic rings. The lowest BCUT2D eigenvalue weighted by molar-refractivity contribution is 0.296. The molecule has 0 saturated carbocycles. The van der Waals surface area contributed by atoms with Crippen molar-refractivity contribution in [3.05, 3.63) is 156 Å². The lowest BCUT2D eigenvalue weighted by Gasteiger charge is -2.36. The highest BCUT2D eigenvalue weighted by Gasteiger charge is 2.36. The Hall–Kier alpha value is -4.94. The predicted molar refractivity (Wildman–Crippen MR) is 194 cm³/mol. The van der Waals surface area contributed by atoms with E-state index in [2.05, 4.69) is 133 Å². The van der Waals surface area contributed by atoms with Crippen LogP contribution in [0.1, 0.15) is 41.7 Å². The highest BCUT2D eigenvalue weighted by molar-refractivity contribution is 7.97. The van der Waals surface area contributed by atoms with Crippen LogP contribution in [0.4, 0.5) is 8.78 Å². The number of aliphatic imine (C=N–C) groups is 1. The molecule has 0 spiro atoms. The van der Waals surface area contributed by atoms with Gasteiger partial charge in [0.05, 0.1) is 0 Å². The van der Waals surface area contributed by atoms with Crippen molar-refractivity contribution in [3.63, 3.8) is 0 Å². The summed E-state index contributed by atoms with van der Waals surface area (Å²) >= 11 is 1.74. The quantitative estimate of drug-likeness (QED) is 0.0905. The first-order valence-electron chi connectivity index (χ1n) is 15.6.